The molecule has 0 radical (unpaired) electrons. The lowest BCUT2D eigenvalue weighted by Crippen LogP contribution is -2.29. The lowest BCUT2D eigenvalue weighted by atomic mass is 10.1. The van der Waals surface area contributed by atoms with E-state index in [2.05, 4.69) is 43.5 Å². The minimum atomic E-state index is -4.34. The van der Waals surface area contributed by atoms with Gasteiger partial charge in [0.15, 0.2) is 6.10 Å². The molecule has 9 nitrogen and oxygen atoms in total. The third-order valence-electron chi connectivity index (χ3n) is 8.57. The predicted octanol–water partition coefficient (Wildman–Crippen LogP) is 11.1. The summed E-state index contributed by atoms with van der Waals surface area (Å²) in [5.74, 6) is -0.813. The van der Waals surface area contributed by atoms with E-state index in [1.165, 1.54) is 96.3 Å². The topological polar surface area (TPSA) is 120 Å². The SMILES string of the molecule is CCCCC/C=C\C/C=C\CCCCCCCCCC(=O)OCC(COP(=O)(O)OCCNC)OC(=O)CCCCCCCCCCCCC. The molecular formula is C40H76NO8P. The Bertz CT molecular complexity index is 881. The number of hydrogen-bond acceptors (Lipinski definition) is 8. The lowest BCUT2D eigenvalue weighted by molar-refractivity contribution is -0.161. The van der Waals surface area contributed by atoms with Crippen LogP contribution < -0.4 is 5.32 Å². The molecule has 294 valence electrons. The van der Waals surface area contributed by atoms with Crippen LogP contribution in [-0.4, -0.2) is 56.3 Å². The Hall–Kier alpha value is -1.51. The molecule has 0 saturated carbocycles. The number of hydrogen-bond donors (Lipinski definition) is 2. The molecular weight excluding hydrogens is 653 g/mol. The van der Waals surface area contributed by atoms with Crippen molar-refractivity contribution in [2.75, 3.05) is 33.4 Å². The molecule has 0 saturated heterocycles. The van der Waals surface area contributed by atoms with Gasteiger partial charge in [-0.3, -0.25) is 18.6 Å². The summed E-state index contributed by atoms with van der Waals surface area (Å²) in [5, 5.41) is 2.82. The van der Waals surface area contributed by atoms with Gasteiger partial charge in [0.2, 0.25) is 0 Å². The minimum absolute atomic E-state index is 0.0166. The molecule has 0 fully saturated rings. The van der Waals surface area contributed by atoms with Gasteiger partial charge in [-0.2, -0.15) is 0 Å². The minimum Gasteiger partial charge on any atom is -0.462 e. The van der Waals surface area contributed by atoms with Crippen molar-refractivity contribution >= 4 is 19.8 Å². The molecule has 0 aliphatic carbocycles. The Balaban J connectivity index is 4.23. The standard InChI is InChI=1S/C40H76NO8P/c1-4-6-8-10-12-14-16-17-18-19-20-21-23-24-26-28-30-32-39(42)46-36-38(37-48-50(44,45)47-35-34-41-3)49-40(43)33-31-29-27-25-22-15-13-11-9-7-5-2/h12,14,17-18,38,41H,4-11,13,15-16,19-37H2,1-3H3,(H,44,45)/b14-12-,18-17-. The van der Waals surface area contributed by atoms with Crippen molar-refractivity contribution in [1.82, 2.24) is 5.32 Å². The Morgan fingerprint density at radius 3 is 1.62 bits per heavy atom. The molecule has 0 spiro atoms. The molecule has 0 aromatic carbocycles. The zero-order valence-corrected chi connectivity index (χ0v) is 33.2. The number of allylic oxidation sites excluding steroid dienone is 4. The van der Waals surface area contributed by atoms with Crippen molar-refractivity contribution in [2.24, 2.45) is 0 Å². The van der Waals surface area contributed by atoms with Crippen LogP contribution in [0.25, 0.3) is 0 Å². The van der Waals surface area contributed by atoms with Gasteiger partial charge in [-0.05, 0) is 52.0 Å². The predicted molar refractivity (Wildman–Crippen MR) is 206 cm³/mol. The molecule has 2 atom stereocenters. The summed E-state index contributed by atoms with van der Waals surface area (Å²) in [6, 6.07) is 0. The van der Waals surface area contributed by atoms with Crippen LogP contribution in [0.15, 0.2) is 24.3 Å². The van der Waals surface area contributed by atoms with Crippen LogP contribution in [0.4, 0.5) is 0 Å². The maximum atomic E-state index is 12.5. The molecule has 0 bridgehead atoms. The second kappa shape index (κ2) is 37.3. The fraction of sp³-hybridized carbons (Fsp3) is 0.850. The van der Waals surface area contributed by atoms with Crippen molar-refractivity contribution in [1.29, 1.82) is 0 Å². The molecule has 0 aromatic rings. The van der Waals surface area contributed by atoms with Gasteiger partial charge in [0.25, 0.3) is 0 Å². The van der Waals surface area contributed by atoms with Gasteiger partial charge in [-0.1, -0.05) is 147 Å². The Morgan fingerprint density at radius 2 is 1.08 bits per heavy atom. The van der Waals surface area contributed by atoms with E-state index in [1.807, 2.05) is 0 Å². The zero-order chi connectivity index (χ0) is 36.8. The molecule has 2 N–H and O–H groups in total. The molecule has 2 unspecified atom stereocenters. The molecule has 0 aromatic heterocycles. The van der Waals surface area contributed by atoms with Crippen molar-refractivity contribution < 1.29 is 37.6 Å². The first-order valence-electron chi connectivity index (χ1n) is 20.3. The van der Waals surface area contributed by atoms with Crippen molar-refractivity contribution in [2.45, 2.75) is 187 Å². The Kier molecular flexibility index (Phi) is 36.1. The van der Waals surface area contributed by atoms with Crippen LogP contribution in [0.2, 0.25) is 0 Å². The maximum Gasteiger partial charge on any atom is 0.472 e. The van der Waals surface area contributed by atoms with Crippen LogP contribution in [0.1, 0.15) is 181 Å². The lowest BCUT2D eigenvalue weighted by Gasteiger charge is -2.20. The Morgan fingerprint density at radius 1 is 0.620 bits per heavy atom. The number of rotatable bonds is 38. The van der Waals surface area contributed by atoms with E-state index in [9.17, 15) is 19.0 Å². The van der Waals surface area contributed by atoms with Crippen LogP contribution in [0.3, 0.4) is 0 Å². The Labute approximate surface area is 306 Å². The molecule has 10 heteroatoms. The molecule has 50 heavy (non-hydrogen) atoms. The van der Waals surface area contributed by atoms with Crippen LogP contribution >= 0.6 is 7.82 Å². The smallest absolute Gasteiger partial charge is 0.462 e. The largest absolute Gasteiger partial charge is 0.472 e. The zero-order valence-electron chi connectivity index (χ0n) is 32.4. The highest BCUT2D eigenvalue weighted by atomic mass is 31.2. The van der Waals surface area contributed by atoms with E-state index < -0.39 is 26.5 Å². The molecule has 0 heterocycles. The van der Waals surface area contributed by atoms with E-state index in [0.29, 0.717) is 13.0 Å². The number of esters is 2. The summed E-state index contributed by atoms with van der Waals surface area (Å²) in [4.78, 5) is 34.9. The monoisotopic (exact) mass is 730 g/mol. The number of phosphoric ester groups is 1. The van der Waals surface area contributed by atoms with Gasteiger partial charge in [-0.25, -0.2) is 4.57 Å². The van der Waals surface area contributed by atoms with E-state index in [1.54, 1.807) is 7.05 Å². The van der Waals surface area contributed by atoms with Gasteiger partial charge >= 0.3 is 19.8 Å². The number of likely N-dealkylation sites (N-methyl/N-ethyl adjacent to an activating group) is 1. The quantitative estimate of drug-likeness (QED) is 0.0277. The van der Waals surface area contributed by atoms with E-state index in [-0.39, 0.29) is 32.0 Å². The molecule has 0 amide bonds. The van der Waals surface area contributed by atoms with Crippen LogP contribution in [0, 0.1) is 0 Å². The maximum absolute atomic E-state index is 12.5. The first-order valence-corrected chi connectivity index (χ1v) is 21.8. The van der Waals surface area contributed by atoms with E-state index in [4.69, 9.17) is 18.5 Å². The second-order valence-corrected chi connectivity index (χ2v) is 14.9. The second-order valence-electron chi connectivity index (χ2n) is 13.5. The first-order chi connectivity index (χ1) is 24.3. The normalized spacial score (nSPS) is 13.6. The molecule has 0 rings (SSSR count). The van der Waals surface area contributed by atoms with E-state index in [0.717, 1.165) is 51.4 Å². The van der Waals surface area contributed by atoms with Gasteiger partial charge in [0.1, 0.15) is 6.61 Å². The fourth-order valence-electron chi connectivity index (χ4n) is 5.46. The summed E-state index contributed by atoms with van der Waals surface area (Å²) < 4.78 is 33.1. The first kappa shape index (κ1) is 48.5. The highest BCUT2D eigenvalue weighted by Gasteiger charge is 2.26. The third-order valence-corrected chi connectivity index (χ3v) is 9.56. The average molecular weight is 730 g/mol. The van der Waals surface area contributed by atoms with Gasteiger partial charge in [0.05, 0.1) is 13.2 Å². The van der Waals surface area contributed by atoms with Gasteiger partial charge in [0, 0.05) is 19.4 Å². The van der Waals surface area contributed by atoms with Crippen molar-refractivity contribution in [3.8, 4) is 0 Å². The number of nitrogens with one attached hydrogen (secondary N) is 1. The number of ether oxygens (including phenoxy) is 2. The van der Waals surface area contributed by atoms with Crippen LogP contribution in [-0.2, 0) is 32.7 Å². The molecule has 0 aliphatic heterocycles. The van der Waals surface area contributed by atoms with Gasteiger partial charge in [-0.15, -0.1) is 0 Å². The summed E-state index contributed by atoms with van der Waals surface area (Å²) in [6.07, 6.45) is 36.4. The van der Waals surface area contributed by atoms with E-state index >= 15 is 0 Å². The summed E-state index contributed by atoms with van der Waals surface area (Å²) in [6.45, 7) is 4.18. The van der Waals surface area contributed by atoms with Crippen LogP contribution in [0.5, 0.6) is 0 Å². The number of carbonyl (C=O) groups is 2. The fourth-order valence-corrected chi connectivity index (χ4v) is 6.22. The third kappa shape index (κ3) is 36.3. The highest BCUT2D eigenvalue weighted by molar-refractivity contribution is 7.47. The summed E-state index contributed by atoms with van der Waals surface area (Å²) in [7, 11) is -2.64. The number of phosphoric acid groups is 1. The average Bonchev–Trinajstić information content (AvgIpc) is 3.09. The number of unbranched alkanes of at least 4 members (excludes halogenated alkanes) is 20. The van der Waals surface area contributed by atoms with Crippen molar-refractivity contribution in [3.05, 3.63) is 24.3 Å². The van der Waals surface area contributed by atoms with Crippen molar-refractivity contribution in [3.63, 3.8) is 0 Å². The molecule has 0 aliphatic rings. The number of carbonyl (C=O) groups excluding carboxylic acids is 2. The summed E-state index contributed by atoms with van der Waals surface area (Å²) in [5.41, 5.74) is 0. The van der Waals surface area contributed by atoms with Gasteiger partial charge < -0.3 is 19.7 Å². The summed E-state index contributed by atoms with van der Waals surface area (Å²) >= 11 is 0. The highest BCUT2D eigenvalue weighted by Crippen LogP contribution is 2.43.